The van der Waals surface area contributed by atoms with Crippen molar-refractivity contribution in [3.05, 3.63) is 21.3 Å². The van der Waals surface area contributed by atoms with Crippen molar-refractivity contribution >= 4 is 22.9 Å². The molecular formula is C12H20ClNOS. The summed E-state index contributed by atoms with van der Waals surface area (Å²) in [6.07, 6.45) is 2.89. The Hall–Kier alpha value is -0.0900. The average molecular weight is 262 g/mol. The zero-order valence-corrected chi connectivity index (χ0v) is 11.4. The molecule has 1 heterocycles. The first kappa shape index (κ1) is 14.0. The van der Waals surface area contributed by atoms with Gasteiger partial charge < -0.3 is 10.4 Å². The van der Waals surface area contributed by atoms with Crippen LogP contribution >= 0.6 is 22.9 Å². The number of rotatable bonds is 7. The van der Waals surface area contributed by atoms with Gasteiger partial charge in [0.2, 0.25) is 0 Å². The second-order valence-corrected chi connectivity index (χ2v) is 5.63. The highest BCUT2D eigenvalue weighted by atomic mass is 35.5. The molecule has 0 aliphatic rings. The van der Waals surface area contributed by atoms with Gasteiger partial charge in [0.25, 0.3) is 0 Å². The summed E-state index contributed by atoms with van der Waals surface area (Å²) in [5.74, 6) is 0. The Morgan fingerprint density at radius 1 is 1.38 bits per heavy atom. The van der Waals surface area contributed by atoms with Gasteiger partial charge in [0.05, 0.1) is 4.34 Å². The van der Waals surface area contributed by atoms with E-state index < -0.39 is 0 Å². The molecule has 0 saturated carbocycles. The lowest BCUT2D eigenvalue weighted by molar-refractivity contribution is 0.255. The SMILES string of the molecule is CCC(CCO)NC(CC)c1ccc(Cl)s1. The third-order valence-corrected chi connectivity index (χ3v) is 4.10. The maximum Gasteiger partial charge on any atom is 0.0931 e. The van der Waals surface area contributed by atoms with Gasteiger partial charge in [-0.1, -0.05) is 25.4 Å². The molecule has 0 spiro atoms. The molecule has 2 unspecified atom stereocenters. The highest BCUT2D eigenvalue weighted by molar-refractivity contribution is 7.16. The average Bonchev–Trinajstić information content (AvgIpc) is 2.71. The summed E-state index contributed by atoms with van der Waals surface area (Å²) in [7, 11) is 0. The third kappa shape index (κ3) is 4.06. The van der Waals surface area contributed by atoms with E-state index in [0.29, 0.717) is 12.1 Å². The van der Waals surface area contributed by atoms with E-state index in [9.17, 15) is 0 Å². The molecule has 0 fully saturated rings. The van der Waals surface area contributed by atoms with E-state index in [2.05, 4.69) is 25.2 Å². The summed E-state index contributed by atoms with van der Waals surface area (Å²) in [4.78, 5) is 1.28. The van der Waals surface area contributed by atoms with E-state index in [-0.39, 0.29) is 6.61 Å². The molecule has 1 rings (SSSR count). The molecule has 0 amide bonds. The Bertz CT molecular complexity index is 303. The second kappa shape index (κ2) is 7.28. The molecule has 92 valence electrons. The Balaban J connectivity index is 2.60. The maximum atomic E-state index is 8.97. The van der Waals surface area contributed by atoms with Crippen LogP contribution in [0.5, 0.6) is 0 Å². The zero-order valence-electron chi connectivity index (χ0n) is 9.87. The summed E-state index contributed by atoms with van der Waals surface area (Å²) in [6.45, 7) is 4.55. The third-order valence-electron chi connectivity index (χ3n) is 2.75. The number of aliphatic hydroxyl groups excluding tert-OH is 1. The molecule has 1 aromatic rings. The van der Waals surface area contributed by atoms with Crippen molar-refractivity contribution < 1.29 is 5.11 Å². The van der Waals surface area contributed by atoms with Crippen LogP contribution in [0.4, 0.5) is 0 Å². The van der Waals surface area contributed by atoms with E-state index in [4.69, 9.17) is 16.7 Å². The van der Waals surface area contributed by atoms with Gasteiger partial charge in [-0.25, -0.2) is 0 Å². The Morgan fingerprint density at radius 2 is 2.12 bits per heavy atom. The van der Waals surface area contributed by atoms with Crippen LogP contribution in [0.2, 0.25) is 4.34 Å². The normalized spacial score (nSPS) is 15.0. The van der Waals surface area contributed by atoms with E-state index in [1.165, 1.54) is 4.88 Å². The van der Waals surface area contributed by atoms with Gasteiger partial charge >= 0.3 is 0 Å². The van der Waals surface area contributed by atoms with Crippen LogP contribution in [0, 0.1) is 0 Å². The topological polar surface area (TPSA) is 32.3 Å². The smallest absolute Gasteiger partial charge is 0.0931 e. The first-order valence-electron chi connectivity index (χ1n) is 5.83. The molecule has 16 heavy (non-hydrogen) atoms. The number of hydrogen-bond donors (Lipinski definition) is 2. The Kier molecular flexibility index (Phi) is 6.36. The summed E-state index contributed by atoms with van der Waals surface area (Å²) < 4.78 is 0.838. The monoisotopic (exact) mass is 261 g/mol. The molecule has 0 aromatic carbocycles. The largest absolute Gasteiger partial charge is 0.396 e. The van der Waals surface area contributed by atoms with Crippen LogP contribution < -0.4 is 5.32 Å². The minimum Gasteiger partial charge on any atom is -0.396 e. The first-order valence-corrected chi connectivity index (χ1v) is 7.02. The van der Waals surface area contributed by atoms with Crippen LogP contribution in [-0.2, 0) is 0 Å². The lowest BCUT2D eigenvalue weighted by atomic mass is 10.1. The van der Waals surface area contributed by atoms with Gasteiger partial charge in [0.1, 0.15) is 0 Å². The predicted molar refractivity (Wildman–Crippen MR) is 71.3 cm³/mol. The minimum atomic E-state index is 0.243. The molecule has 2 nitrogen and oxygen atoms in total. The number of aliphatic hydroxyl groups is 1. The van der Waals surface area contributed by atoms with Gasteiger partial charge in [-0.05, 0) is 31.4 Å². The maximum absolute atomic E-state index is 8.97. The quantitative estimate of drug-likeness (QED) is 0.786. The lowest BCUT2D eigenvalue weighted by Gasteiger charge is -2.22. The number of thiophene rings is 1. The summed E-state index contributed by atoms with van der Waals surface area (Å²) in [6, 6.07) is 4.77. The Labute approximate surface area is 107 Å². The van der Waals surface area contributed by atoms with E-state index in [1.54, 1.807) is 11.3 Å². The van der Waals surface area contributed by atoms with E-state index >= 15 is 0 Å². The molecule has 0 aliphatic carbocycles. The first-order chi connectivity index (χ1) is 7.71. The molecule has 2 atom stereocenters. The van der Waals surface area contributed by atoms with Gasteiger partial charge in [-0.2, -0.15) is 0 Å². The Morgan fingerprint density at radius 3 is 2.56 bits per heavy atom. The summed E-state index contributed by atoms with van der Waals surface area (Å²) >= 11 is 7.58. The van der Waals surface area contributed by atoms with Crippen molar-refractivity contribution in [3.8, 4) is 0 Å². The minimum absolute atomic E-state index is 0.243. The fourth-order valence-electron chi connectivity index (χ4n) is 1.76. The molecule has 2 N–H and O–H groups in total. The van der Waals surface area contributed by atoms with Crippen molar-refractivity contribution in [3.63, 3.8) is 0 Å². The van der Waals surface area contributed by atoms with E-state index in [1.807, 2.05) is 6.07 Å². The van der Waals surface area contributed by atoms with Gasteiger partial charge in [0, 0.05) is 23.6 Å². The van der Waals surface area contributed by atoms with Crippen molar-refractivity contribution in [2.45, 2.75) is 45.2 Å². The number of halogens is 1. The molecule has 0 saturated heterocycles. The molecule has 4 heteroatoms. The van der Waals surface area contributed by atoms with Gasteiger partial charge in [-0.3, -0.25) is 0 Å². The molecular weight excluding hydrogens is 242 g/mol. The summed E-state index contributed by atoms with van der Waals surface area (Å²) in [5.41, 5.74) is 0. The van der Waals surface area contributed by atoms with Crippen LogP contribution in [0.15, 0.2) is 12.1 Å². The van der Waals surface area contributed by atoms with Crippen LogP contribution in [0.25, 0.3) is 0 Å². The molecule has 0 radical (unpaired) electrons. The van der Waals surface area contributed by atoms with Crippen LogP contribution in [0.3, 0.4) is 0 Å². The summed E-state index contributed by atoms with van der Waals surface area (Å²) in [5, 5.41) is 12.5. The van der Waals surface area contributed by atoms with Crippen molar-refractivity contribution in [1.82, 2.24) is 5.32 Å². The lowest BCUT2D eigenvalue weighted by Crippen LogP contribution is -2.32. The van der Waals surface area contributed by atoms with Crippen molar-refractivity contribution in [2.75, 3.05) is 6.61 Å². The molecule has 0 bridgehead atoms. The molecule has 1 aromatic heterocycles. The number of hydrogen-bond acceptors (Lipinski definition) is 3. The highest BCUT2D eigenvalue weighted by Crippen LogP contribution is 2.29. The van der Waals surface area contributed by atoms with Crippen molar-refractivity contribution in [2.24, 2.45) is 0 Å². The van der Waals surface area contributed by atoms with Crippen LogP contribution in [0.1, 0.15) is 44.0 Å². The fraction of sp³-hybridized carbons (Fsp3) is 0.667. The van der Waals surface area contributed by atoms with E-state index in [0.717, 1.165) is 23.6 Å². The van der Waals surface area contributed by atoms with Crippen LogP contribution in [-0.4, -0.2) is 17.8 Å². The van der Waals surface area contributed by atoms with Gasteiger partial charge in [-0.15, -0.1) is 11.3 Å². The standard InChI is InChI=1S/C12H20ClNOS/c1-3-9(7-8-15)14-10(4-2)11-5-6-12(13)16-11/h5-6,9-10,14-15H,3-4,7-8H2,1-2H3. The second-order valence-electron chi connectivity index (χ2n) is 3.89. The zero-order chi connectivity index (χ0) is 12.0. The van der Waals surface area contributed by atoms with Gasteiger partial charge in [0.15, 0.2) is 0 Å². The fourth-order valence-corrected chi connectivity index (χ4v) is 2.97. The van der Waals surface area contributed by atoms with Crippen molar-refractivity contribution in [1.29, 1.82) is 0 Å². The number of nitrogens with one attached hydrogen (secondary N) is 1. The highest BCUT2D eigenvalue weighted by Gasteiger charge is 2.15. The molecule has 0 aliphatic heterocycles. The predicted octanol–water partition coefficient (Wildman–Crippen LogP) is 3.60.